The van der Waals surface area contributed by atoms with E-state index >= 15 is 0 Å². The van der Waals surface area contributed by atoms with E-state index in [-0.39, 0.29) is 11.3 Å². The Hall–Kier alpha value is -0.785. The first-order valence-corrected chi connectivity index (χ1v) is 4.78. The number of rotatable bonds is 4. The predicted molar refractivity (Wildman–Crippen MR) is 55.0 cm³/mol. The zero-order valence-corrected chi connectivity index (χ0v) is 8.02. The van der Waals surface area contributed by atoms with Gasteiger partial charge in [0.1, 0.15) is 13.7 Å². The largest absolute Gasteiger partial charge is 0.208 e. The number of halogens is 1. The lowest BCUT2D eigenvalue weighted by Crippen LogP contribution is -2.08. The number of unbranched alkanes of at least 4 members (excludes halogenated alkanes) is 2. The van der Waals surface area contributed by atoms with Gasteiger partial charge in [-0.3, -0.25) is 0 Å². The van der Waals surface area contributed by atoms with Crippen molar-refractivity contribution in [3.8, 4) is 0 Å². The lowest BCUT2D eigenvalue weighted by molar-refractivity contribution is 0.631. The van der Waals surface area contributed by atoms with Gasteiger partial charge in [0.25, 0.3) is 0 Å². The summed E-state index contributed by atoms with van der Waals surface area (Å²) in [4.78, 5) is 0. The monoisotopic (exact) mass is 176 g/mol. The van der Waals surface area contributed by atoms with Crippen LogP contribution < -0.4 is 5.46 Å². The molecule has 0 saturated heterocycles. The van der Waals surface area contributed by atoms with Gasteiger partial charge in [-0.25, -0.2) is 4.39 Å². The van der Waals surface area contributed by atoms with Gasteiger partial charge in [-0.05, 0) is 24.5 Å². The van der Waals surface area contributed by atoms with Gasteiger partial charge in [-0.15, -0.1) is 0 Å². The molecule has 0 aromatic heterocycles. The molecule has 0 bridgehead atoms. The van der Waals surface area contributed by atoms with Crippen LogP contribution >= 0.6 is 0 Å². The van der Waals surface area contributed by atoms with Crippen molar-refractivity contribution in [1.82, 2.24) is 0 Å². The van der Waals surface area contributed by atoms with Gasteiger partial charge in [0.2, 0.25) is 0 Å². The molecule has 2 radical (unpaired) electrons. The summed E-state index contributed by atoms with van der Waals surface area (Å²) in [6.45, 7) is 2.16. The van der Waals surface area contributed by atoms with E-state index in [0.29, 0.717) is 0 Å². The minimum absolute atomic E-state index is 0.235. The number of benzene rings is 1. The van der Waals surface area contributed by atoms with Gasteiger partial charge in [0, 0.05) is 0 Å². The summed E-state index contributed by atoms with van der Waals surface area (Å²) in [6.07, 6.45) is 4.47. The van der Waals surface area contributed by atoms with Gasteiger partial charge in [-0.1, -0.05) is 37.4 Å². The fourth-order valence-electron chi connectivity index (χ4n) is 1.31. The third-order valence-corrected chi connectivity index (χ3v) is 2.13. The maximum atomic E-state index is 13.0. The molecule has 0 saturated carbocycles. The van der Waals surface area contributed by atoms with Crippen molar-refractivity contribution >= 4 is 13.3 Å². The average molecular weight is 176 g/mol. The van der Waals surface area contributed by atoms with E-state index in [1.807, 2.05) is 6.07 Å². The van der Waals surface area contributed by atoms with E-state index in [1.54, 1.807) is 6.07 Å². The third kappa shape index (κ3) is 3.21. The predicted octanol–water partition coefficient (Wildman–Crippen LogP) is 2.35. The SMILES string of the molecule is [B]c1ccc(CCCCC)cc1F. The van der Waals surface area contributed by atoms with E-state index in [1.165, 1.54) is 18.9 Å². The van der Waals surface area contributed by atoms with Crippen LogP contribution in [0.1, 0.15) is 31.7 Å². The van der Waals surface area contributed by atoms with E-state index in [0.717, 1.165) is 18.4 Å². The van der Waals surface area contributed by atoms with Crippen LogP contribution in [-0.4, -0.2) is 7.85 Å². The standard InChI is InChI=1S/C11H14BF/c1-2-3-4-5-9-6-7-10(12)11(13)8-9/h6-8H,2-5H2,1H3. The molecule has 0 spiro atoms. The maximum absolute atomic E-state index is 13.0. The van der Waals surface area contributed by atoms with Gasteiger partial charge in [0.15, 0.2) is 0 Å². The highest BCUT2D eigenvalue weighted by Gasteiger charge is 1.98. The first-order valence-electron chi connectivity index (χ1n) is 4.78. The number of aryl methyl sites for hydroxylation is 1. The van der Waals surface area contributed by atoms with Crippen LogP contribution in [-0.2, 0) is 6.42 Å². The first kappa shape index (κ1) is 10.3. The van der Waals surface area contributed by atoms with Crippen LogP contribution in [0.4, 0.5) is 4.39 Å². The van der Waals surface area contributed by atoms with Crippen LogP contribution in [0.3, 0.4) is 0 Å². The lowest BCUT2D eigenvalue weighted by Gasteiger charge is -2.02. The Morgan fingerprint density at radius 2 is 2.08 bits per heavy atom. The highest BCUT2D eigenvalue weighted by atomic mass is 19.1. The fraction of sp³-hybridized carbons (Fsp3) is 0.455. The average Bonchev–Trinajstić information content (AvgIpc) is 2.12. The topological polar surface area (TPSA) is 0 Å². The molecule has 0 nitrogen and oxygen atoms in total. The summed E-state index contributed by atoms with van der Waals surface area (Å²) in [6, 6.07) is 5.07. The second-order valence-electron chi connectivity index (χ2n) is 3.31. The Bertz CT molecular complexity index is 271. The lowest BCUT2D eigenvalue weighted by atomic mass is 9.93. The molecule has 0 aliphatic heterocycles. The van der Waals surface area contributed by atoms with Gasteiger partial charge >= 0.3 is 0 Å². The highest BCUT2D eigenvalue weighted by molar-refractivity contribution is 6.32. The summed E-state index contributed by atoms with van der Waals surface area (Å²) in [7, 11) is 5.37. The maximum Gasteiger partial charge on any atom is 0.117 e. The van der Waals surface area contributed by atoms with Crippen LogP contribution in [0.5, 0.6) is 0 Å². The van der Waals surface area contributed by atoms with Crippen molar-refractivity contribution in [3.63, 3.8) is 0 Å². The van der Waals surface area contributed by atoms with E-state index in [9.17, 15) is 4.39 Å². The fourth-order valence-corrected chi connectivity index (χ4v) is 1.31. The quantitative estimate of drug-likeness (QED) is 0.487. The first-order chi connectivity index (χ1) is 6.24. The zero-order chi connectivity index (χ0) is 9.68. The molecule has 1 aromatic rings. The van der Waals surface area contributed by atoms with E-state index in [4.69, 9.17) is 7.85 Å². The molecule has 0 atom stereocenters. The van der Waals surface area contributed by atoms with E-state index in [2.05, 4.69) is 6.92 Å². The molecular weight excluding hydrogens is 162 g/mol. The summed E-state index contributed by atoms with van der Waals surface area (Å²) in [5.74, 6) is -0.297. The number of hydrogen-bond acceptors (Lipinski definition) is 0. The molecule has 0 aliphatic rings. The Kier molecular flexibility index (Phi) is 4.00. The molecular formula is C11H14BF. The van der Waals surface area contributed by atoms with Crippen LogP contribution in [0.2, 0.25) is 0 Å². The Labute approximate surface area is 80.6 Å². The second-order valence-corrected chi connectivity index (χ2v) is 3.31. The molecule has 2 heteroatoms. The molecule has 0 aliphatic carbocycles. The minimum Gasteiger partial charge on any atom is -0.208 e. The molecule has 0 unspecified atom stereocenters. The third-order valence-electron chi connectivity index (χ3n) is 2.13. The summed E-state index contributed by atoms with van der Waals surface area (Å²) >= 11 is 0. The molecule has 0 heterocycles. The van der Waals surface area contributed by atoms with Gasteiger partial charge in [-0.2, -0.15) is 0 Å². The summed E-state index contributed by atoms with van der Waals surface area (Å²) in [5, 5.41) is 0. The van der Waals surface area contributed by atoms with Crippen molar-refractivity contribution in [3.05, 3.63) is 29.6 Å². The molecule has 0 N–H and O–H groups in total. The van der Waals surface area contributed by atoms with Crippen molar-refractivity contribution in [1.29, 1.82) is 0 Å². The minimum atomic E-state index is -0.297. The molecule has 1 rings (SSSR count). The molecule has 0 amide bonds. The molecule has 1 aromatic carbocycles. The normalized spacial score (nSPS) is 10.3. The van der Waals surface area contributed by atoms with Crippen molar-refractivity contribution in [2.75, 3.05) is 0 Å². The molecule has 13 heavy (non-hydrogen) atoms. The summed E-state index contributed by atoms with van der Waals surface area (Å²) in [5.41, 5.74) is 1.28. The zero-order valence-electron chi connectivity index (χ0n) is 8.02. The highest BCUT2D eigenvalue weighted by Crippen LogP contribution is 2.06. The van der Waals surface area contributed by atoms with Crippen LogP contribution in [0.15, 0.2) is 18.2 Å². The Morgan fingerprint density at radius 1 is 1.31 bits per heavy atom. The van der Waals surface area contributed by atoms with Crippen LogP contribution in [0, 0.1) is 5.82 Å². The second kappa shape index (κ2) is 5.06. The molecule has 68 valence electrons. The molecule has 0 fully saturated rings. The Morgan fingerprint density at radius 3 is 2.69 bits per heavy atom. The smallest absolute Gasteiger partial charge is 0.117 e. The van der Waals surface area contributed by atoms with Crippen molar-refractivity contribution < 1.29 is 4.39 Å². The van der Waals surface area contributed by atoms with Crippen LogP contribution in [0.25, 0.3) is 0 Å². The van der Waals surface area contributed by atoms with Gasteiger partial charge in [0.05, 0.1) is 0 Å². The van der Waals surface area contributed by atoms with E-state index < -0.39 is 0 Å². The summed E-state index contributed by atoms with van der Waals surface area (Å²) < 4.78 is 13.0. The number of hydrogen-bond donors (Lipinski definition) is 0. The van der Waals surface area contributed by atoms with Crippen molar-refractivity contribution in [2.24, 2.45) is 0 Å². The van der Waals surface area contributed by atoms with Gasteiger partial charge < -0.3 is 0 Å². The van der Waals surface area contributed by atoms with Crippen molar-refractivity contribution in [2.45, 2.75) is 32.6 Å². The Balaban J connectivity index is 2.53.